The first kappa shape index (κ1) is 15.0. The molecule has 3 nitrogen and oxygen atoms in total. The summed E-state index contributed by atoms with van der Waals surface area (Å²) in [6, 6.07) is 0. The molecule has 0 aliphatic heterocycles. The van der Waals surface area contributed by atoms with Crippen LogP contribution in [0.15, 0.2) is 0 Å². The molecule has 0 aromatic rings. The Bertz CT molecular complexity index is 156. The third-order valence-corrected chi connectivity index (χ3v) is 4.87. The van der Waals surface area contributed by atoms with Gasteiger partial charge in [0.15, 0.2) is 0 Å². The standard InChI is InChI=1S/C6H18B3Br2N3/c1-12(2)7(8(10)13(3)4)9(11)14(5)6/h1-6H3. The molecule has 0 aliphatic rings. The molecule has 0 amide bonds. The number of hydrogen-bond acceptors (Lipinski definition) is 3. The lowest BCUT2D eigenvalue weighted by molar-refractivity contribution is 0.626. The van der Waals surface area contributed by atoms with Crippen molar-refractivity contribution in [2.45, 2.75) is 0 Å². The van der Waals surface area contributed by atoms with Crippen LogP contribution in [-0.2, 0) is 0 Å². The van der Waals surface area contributed by atoms with E-state index in [1.165, 1.54) is 0 Å². The highest BCUT2D eigenvalue weighted by Crippen LogP contribution is 2.12. The van der Waals surface area contributed by atoms with Gasteiger partial charge in [-0.3, -0.25) is 0 Å². The van der Waals surface area contributed by atoms with Crippen LogP contribution in [0.25, 0.3) is 0 Å². The summed E-state index contributed by atoms with van der Waals surface area (Å²) in [6.45, 7) is 0.389. The van der Waals surface area contributed by atoms with E-state index < -0.39 is 0 Å². The third kappa shape index (κ3) is 4.27. The van der Waals surface area contributed by atoms with Crippen molar-refractivity contribution in [1.82, 2.24) is 14.4 Å². The lowest BCUT2D eigenvalue weighted by Gasteiger charge is -2.32. The lowest BCUT2D eigenvalue weighted by atomic mass is 9.15. The Kier molecular flexibility index (Phi) is 7.07. The summed E-state index contributed by atoms with van der Waals surface area (Å²) >= 11 is 7.41. The summed E-state index contributed by atoms with van der Waals surface area (Å²) in [5.74, 6) is 0. The number of nitrogens with zero attached hydrogens (tertiary/aromatic N) is 3. The molecule has 0 heterocycles. The van der Waals surface area contributed by atoms with Gasteiger partial charge < -0.3 is 14.4 Å². The van der Waals surface area contributed by atoms with Crippen LogP contribution in [0.5, 0.6) is 0 Å². The van der Waals surface area contributed by atoms with Gasteiger partial charge in [0.25, 0.3) is 11.1 Å². The Morgan fingerprint density at radius 3 is 1.07 bits per heavy atom. The van der Waals surface area contributed by atoms with Crippen molar-refractivity contribution in [1.29, 1.82) is 0 Å². The monoisotopic (exact) mass is 323 g/mol. The van der Waals surface area contributed by atoms with Gasteiger partial charge in [-0.15, -0.1) is 31.5 Å². The highest BCUT2D eigenvalue weighted by atomic mass is 79.9. The molecule has 0 unspecified atom stereocenters. The lowest BCUT2D eigenvalue weighted by Crippen LogP contribution is -2.62. The molecular formula is C6H18B3Br2N3. The van der Waals surface area contributed by atoms with Crippen molar-refractivity contribution < 1.29 is 0 Å². The average Bonchev–Trinajstić information content (AvgIpc) is 2.03. The second kappa shape index (κ2) is 6.58. The van der Waals surface area contributed by atoms with Crippen LogP contribution in [0.1, 0.15) is 0 Å². The molecule has 8 heteroatoms. The van der Waals surface area contributed by atoms with E-state index in [-0.39, 0.29) is 0 Å². The van der Waals surface area contributed by atoms with Crippen LogP contribution in [-0.4, -0.2) is 74.5 Å². The van der Waals surface area contributed by atoms with Gasteiger partial charge in [-0.25, -0.2) is 0 Å². The summed E-state index contributed by atoms with van der Waals surface area (Å²) in [4.78, 5) is 6.56. The Morgan fingerprint density at radius 2 is 0.929 bits per heavy atom. The van der Waals surface area contributed by atoms with E-state index in [1.807, 2.05) is 0 Å². The Balaban J connectivity index is 4.59. The van der Waals surface area contributed by atoms with Crippen molar-refractivity contribution in [2.75, 3.05) is 42.3 Å². The van der Waals surface area contributed by atoms with E-state index >= 15 is 0 Å². The van der Waals surface area contributed by atoms with Crippen molar-refractivity contribution in [3.8, 4) is 0 Å². The van der Waals surface area contributed by atoms with Gasteiger partial charge in [0.05, 0.1) is 0 Å². The summed E-state index contributed by atoms with van der Waals surface area (Å²) in [5, 5.41) is 0. The molecule has 0 bridgehead atoms. The number of halogens is 2. The summed E-state index contributed by atoms with van der Waals surface area (Å²) in [6.07, 6.45) is 0. The molecule has 0 saturated heterocycles. The van der Waals surface area contributed by atoms with E-state index in [0.29, 0.717) is 17.8 Å². The van der Waals surface area contributed by atoms with Crippen LogP contribution < -0.4 is 0 Å². The van der Waals surface area contributed by atoms with Crippen LogP contribution >= 0.6 is 31.5 Å². The highest BCUT2D eigenvalue weighted by molar-refractivity contribution is 9.29. The molecule has 0 aliphatic carbocycles. The van der Waals surface area contributed by atoms with Gasteiger partial charge in [0.2, 0.25) is 6.63 Å². The Labute approximate surface area is 106 Å². The SMILES string of the molecule is CN(C)B(Br)B(B(Br)N(C)C)N(C)C. The fraction of sp³-hybridized carbons (Fsp3) is 1.00. The van der Waals surface area contributed by atoms with Gasteiger partial charge in [-0.1, -0.05) is 0 Å². The van der Waals surface area contributed by atoms with Gasteiger partial charge in [-0.05, 0) is 42.3 Å². The van der Waals surface area contributed by atoms with Gasteiger partial charge in [0, 0.05) is 0 Å². The van der Waals surface area contributed by atoms with Crippen molar-refractivity contribution in [3.05, 3.63) is 0 Å². The van der Waals surface area contributed by atoms with E-state index in [9.17, 15) is 0 Å². The van der Waals surface area contributed by atoms with Crippen LogP contribution in [0, 0.1) is 0 Å². The zero-order chi connectivity index (χ0) is 11.5. The molecule has 14 heavy (non-hydrogen) atoms. The second-order valence-corrected chi connectivity index (χ2v) is 6.00. The zero-order valence-corrected chi connectivity index (χ0v) is 13.0. The highest BCUT2D eigenvalue weighted by Gasteiger charge is 2.41. The largest absolute Gasteiger partial charge is 0.355 e. The van der Waals surface area contributed by atoms with Crippen LogP contribution in [0.3, 0.4) is 0 Å². The van der Waals surface area contributed by atoms with E-state index in [0.717, 1.165) is 0 Å². The van der Waals surface area contributed by atoms with Gasteiger partial charge >= 0.3 is 0 Å². The molecule has 0 atom stereocenters. The zero-order valence-electron chi connectivity index (χ0n) is 9.83. The maximum atomic E-state index is 3.71. The average molecular weight is 324 g/mol. The smallest absolute Gasteiger partial charge is 0.280 e. The fourth-order valence-corrected chi connectivity index (χ4v) is 3.17. The Morgan fingerprint density at radius 1 is 0.643 bits per heavy atom. The predicted octanol–water partition coefficient (Wildman–Crippen LogP) is 0.586. The second-order valence-electron chi connectivity index (χ2n) is 4.13. The first-order valence-electron chi connectivity index (χ1n) is 4.56. The first-order chi connectivity index (χ1) is 6.29. The van der Waals surface area contributed by atoms with Gasteiger partial charge in [-0.2, -0.15) is 0 Å². The maximum absolute atomic E-state index is 3.71. The van der Waals surface area contributed by atoms with Crippen LogP contribution in [0.2, 0.25) is 0 Å². The molecular weight excluding hydrogens is 306 g/mol. The minimum Gasteiger partial charge on any atom is -0.355 e. The quantitative estimate of drug-likeness (QED) is 0.685. The predicted molar refractivity (Wildman–Crippen MR) is 76.2 cm³/mol. The molecule has 0 aromatic carbocycles. The molecule has 0 fully saturated rings. The molecule has 0 saturated carbocycles. The molecule has 0 aromatic heterocycles. The topological polar surface area (TPSA) is 9.72 Å². The summed E-state index contributed by atoms with van der Waals surface area (Å²) in [7, 11) is 12.5. The Hall–Kier alpha value is 1.03. The fourth-order valence-electron chi connectivity index (χ4n) is 1.23. The first-order valence-corrected chi connectivity index (χ1v) is 6.39. The molecule has 0 radical (unpaired) electrons. The van der Waals surface area contributed by atoms with E-state index in [1.54, 1.807) is 0 Å². The normalized spacial score (nSPS) is 11.4. The molecule has 0 N–H and O–H groups in total. The molecule has 80 valence electrons. The van der Waals surface area contributed by atoms with Crippen molar-refractivity contribution in [2.24, 2.45) is 0 Å². The molecule has 0 spiro atoms. The number of rotatable bonds is 5. The van der Waals surface area contributed by atoms with E-state index in [4.69, 9.17) is 0 Å². The minimum absolute atomic E-state index is 0.323. The van der Waals surface area contributed by atoms with Crippen molar-refractivity contribution >= 4 is 49.3 Å². The van der Waals surface area contributed by atoms with Gasteiger partial charge in [0.1, 0.15) is 0 Å². The minimum atomic E-state index is 0.323. The number of hydrogen-bond donors (Lipinski definition) is 0. The summed E-state index contributed by atoms with van der Waals surface area (Å²) in [5.41, 5.74) is 0.647. The van der Waals surface area contributed by atoms with Crippen LogP contribution in [0.4, 0.5) is 0 Å². The molecule has 0 rings (SSSR count). The summed E-state index contributed by atoms with van der Waals surface area (Å²) < 4.78 is 0. The third-order valence-electron chi connectivity index (χ3n) is 2.15. The van der Waals surface area contributed by atoms with E-state index in [2.05, 4.69) is 88.2 Å². The maximum Gasteiger partial charge on any atom is 0.280 e. The van der Waals surface area contributed by atoms with Crippen molar-refractivity contribution in [3.63, 3.8) is 0 Å².